The number of rotatable bonds is 10. The third-order valence-electron chi connectivity index (χ3n) is 5.34. The van der Waals surface area contributed by atoms with Gasteiger partial charge < -0.3 is 9.15 Å². The molecule has 4 nitrogen and oxygen atoms in total. The highest BCUT2D eigenvalue weighted by Gasteiger charge is 2.11. The summed E-state index contributed by atoms with van der Waals surface area (Å²) in [5.74, 6) is 1.40. The van der Waals surface area contributed by atoms with Gasteiger partial charge in [0.25, 0.3) is 0 Å². The molecule has 0 atom stereocenters. The fraction of sp³-hybridized carbons (Fsp3) is 0.308. The topological polar surface area (TPSA) is 48.2 Å². The zero-order valence-corrected chi connectivity index (χ0v) is 17.8. The van der Waals surface area contributed by atoms with Crippen LogP contribution in [0.4, 0.5) is 4.39 Å². The summed E-state index contributed by atoms with van der Waals surface area (Å²) in [6.45, 7) is 2.99. The first-order valence-corrected chi connectivity index (χ1v) is 11.0. The van der Waals surface area contributed by atoms with E-state index in [1.54, 1.807) is 12.1 Å². The lowest BCUT2D eigenvalue weighted by Gasteiger charge is -2.08. The van der Waals surface area contributed by atoms with Crippen molar-refractivity contribution >= 4 is 10.8 Å². The van der Waals surface area contributed by atoms with Gasteiger partial charge in [0.2, 0.25) is 11.8 Å². The van der Waals surface area contributed by atoms with Crippen LogP contribution in [0.15, 0.2) is 65.1 Å². The molecule has 0 fully saturated rings. The fourth-order valence-electron chi connectivity index (χ4n) is 3.57. The molecule has 0 unspecified atom stereocenters. The van der Waals surface area contributed by atoms with Gasteiger partial charge in [-0.2, -0.15) is 0 Å². The first-order valence-electron chi connectivity index (χ1n) is 11.0. The van der Waals surface area contributed by atoms with Crippen LogP contribution in [0.1, 0.15) is 45.4 Å². The molecule has 1 heterocycles. The van der Waals surface area contributed by atoms with Crippen LogP contribution in [0.2, 0.25) is 0 Å². The predicted octanol–water partition coefficient (Wildman–Crippen LogP) is 7.44. The molecule has 1 aromatic heterocycles. The zero-order chi connectivity index (χ0) is 21.5. The van der Waals surface area contributed by atoms with Gasteiger partial charge in [-0.3, -0.25) is 0 Å². The molecule has 0 saturated carbocycles. The van der Waals surface area contributed by atoms with Crippen molar-refractivity contribution in [2.75, 3.05) is 6.61 Å². The molecule has 0 aliphatic heterocycles. The largest absolute Gasteiger partial charge is 0.494 e. The number of ether oxygens (including phenoxy) is 1. The summed E-state index contributed by atoms with van der Waals surface area (Å²) in [6, 6.07) is 18.1. The molecule has 0 spiro atoms. The van der Waals surface area contributed by atoms with Crippen molar-refractivity contribution in [3.63, 3.8) is 0 Å². The van der Waals surface area contributed by atoms with Crippen LogP contribution >= 0.6 is 0 Å². The number of benzene rings is 3. The van der Waals surface area contributed by atoms with Gasteiger partial charge in [0.05, 0.1) is 6.61 Å². The molecule has 3 aromatic carbocycles. The van der Waals surface area contributed by atoms with Gasteiger partial charge in [0.1, 0.15) is 11.6 Å². The average molecular weight is 419 g/mol. The quantitative estimate of drug-likeness (QED) is 0.251. The fourth-order valence-corrected chi connectivity index (χ4v) is 3.57. The minimum atomic E-state index is -0.298. The number of halogens is 1. The summed E-state index contributed by atoms with van der Waals surface area (Å²) in [5.41, 5.74) is 1.53. The van der Waals surface area contributed by atoms with Crippen molar-refractivity contribution in [2.45, 2.75) is 45.4 Å². The molecule has 0 N–H and O–H groups in total. The van der Waals surface area contributed by atoms with E-state index in [0.29, 0.717) is 17.3 Å². The van der Waals surface area contributed by atoms with Crippen LogP contribution in [0, 0.1) is 5.82 Å². The molecule has 0 aliphatic carbocycles. The average Bonchev–Trinajstić information content (AvgIpc) is 3.29. The van der Waals surface area contributed by atoms with Crippen molar-refractivity contribution in [3.05, 3.63) is 66.5 Å². The van der Waals surface area contributed by atoms with Crippen molar-refractivity contribution in [3.8, 4) is 28.7 Å². The van der Waals surface area contributed by atoms with Gasteiger partial charge in [-0.1, -0.05) is 51.2 Å². The lowest BCUT2D eigenvalue weighted by Crippen LogP contribution is -1.97. The minimum absolute atomic E-state index is 0.298. The summed E-state index contributed by atoms with van der Waals surface area (Å²) in [6.07, 6.45) is 7.52. The highest BCUT2D eigenvalue weighted by Crippen LogP contribution is 2.28. The van der Waals surface area contributed by atoms with E-state index in [1.165, 1.54) is 44.2 Å². The highest BCUT2D eigenvalue weighted by atomic mass is 19.1. The SMILES string of the molecule is CCCCCCCCOc1ccc2cc(-c3nnc(-c4ccc(F)cc4)o3)ccc2c1. The summed E-state index contributed by atoms with van der Waals surface area (Å²) in [4.78, 5) is 0. The zero-order valence-electron chi connectivity index (χ0n) is 17.8. The number of hydrogen-bond donors (Lipinski definition) is 0. The van der Waals surface area contributed by atoms with Crippen LogP contribution in [-0.2, 0) is 0 Å². The number of aromatic nitrogens is 2. The summed E-state index contributed by atoms with van der Waals surface area (Å²) < 4.78 is 24.8. The van der Waals surface area contributed by atoms with Crippen LogP contribution in [-0.4, -0.2) is 16.8 Å². The van der Waals surface area contributed by atoms with E-state index in [1.807, 2.05) is 30.3 Å². The summed E-state index contributed by atoms with van der Waals surface area (Å²) in [5, 5.41) is 10.4. The number of fused-ring (bicyclic) bond motifs is 1. The summed E-state index contributed by atoms with van der Waals surface area (Å²) >= 11 is 0. The van der Waals surface area contributed by atoms with Crippen molar-refractivity contribution in [2.24, 2.45) is 0 Å². The first-order chi connectivity index (χ1) is 15.2. The predicted molar refractivity (Wildman–Crippen MR) is 122 cm³/mol. The van der Waals surface area contributed by atoms with Gasteiger partial charge >= 0.3 is 0 Å². The molecular formula is C26H27FN2O2. The third-order valence-corrected chi connectivity index (χ3v) is 5.34. The van der Waals surface area contributed by atoms with Crippen molar-refractivity contribution in [1.29, 1.82) is 0 Å². The van der Waals surface area contributed by atoms with Crippen molar-refractivity contribution in [1.82, 2.24) is 10.2 Å². The monoisotopic (exact) mass is 418 g/mol. The molecule has 0 aliphatic rings. The third kappa shape index (κ3) is 5.48. The van der Waals surface area contributed by atoms with Gasteiger partial charge in [0, 0.05) is 11.1 Å². The second kappa shape index (κ2) is 10.2. The lowest BCUT2D eigenvalue weighted by molar-refractivity contribution is 0.305. The number of hydrogen-bond acceptors (Lipinski definition) is 4. The molecule has 0 radical (unpaired) electrons. The van der Waals surface area contributed by atoms with E-state index in [2.05, 4.69) is 23.2 Å². The van der Waals surface area contributed by atoms with Gasteiger partial charge in [-0.15, -0.1) is 10.2 Å². The molecule has 160 valence electrons. The Balaban J connectivity index is 1.40. The standard InChI is InChI=1S/C26H27FN2O2/c1-2-3-4-5-6-7-16-30-24-15-12-20-17-22(9-8-21(20)18-24)26-29-28-25(31-26)19-10-13-23(27)14-11-19/h8-15,17-18H,2-7,16H2,1H3. The van der Waals surface area contributed by atoms with E-state index in [4.69, 9.17) is 9.15 Å². The van der Waals surface area contributed by atoms with E-state index in [9.17, 15) is 4.39 Å². The molecular weight excluding hydrogens is 391 g/mol. The Bertz CT molecular complexity index is 1120. The normalized spacial score (nSPS) is 11.2. The molecule has 4 aromatic rings. The van der Waals surface area contributed by atoms with Crippen LogP contribution in [0.3, 0.4) is 0 Å². The number of nitrogens with zero attached hydrogens (tertiary/aromatic N) is 2. The molecule has 31 heavy (non-hydrogen) atoms. The lowest BCUT2D eigenvalue weighted by atomic mass is 10.1. The second-order valence-corrected chi connectivity index (χ2v) is 7.76. The molecule has 0 bridgehead atoms. The smallest absolute Gasteiger partial charge is 0.248 e. The summed E-state index contributed by atoms with van der Waals surface area (Å²) in [7, 11) is 0. The maximum absolute atomic E-state index is 13.1. The van der Waals surface area contributed by atoms with E-state index in [0.717, 1.165) is 35.1 Å². The van der Waals surface area contributed by atoms with E-state index < -0.39 is 0 Å². The van der Waals surface area contributed by atoms with Gasteiger partial charge in [-0.25, -0.2) is 4.39 Å². The molecule has 0 saturated heterocycles. The highest BCUT2D eigenvalue weighted by molar-refractivity contribution is 5.87. The second-order valence-electron chi connectivity index (χ2n) is 7.76. The minimum Gasteiger partial charge on any atom is -0.494 e. The Morgan fingerprint density at radius 3 is 2.19 bits per heavy atom. The van der Waals surface area contributed by atoms with Crippen LogP contribution in [0.5, 0.6) is 5.75 Å². The molecule has 5 heteroatoms. The molecule has 4 rings (SSSR count). The Hall–Kier alpha value is -3.21. The maximum atomic E-state index is 13.1. The first kappa shape index (κ1) is 21.0. The van der Waals surface area contributed by atoms with E-state index in [-0.39, 0.29) is 5.82 Å². The van der Waals surface area contributed by atoms with Gasteiger partial charge in [-0.05, 0) is 65.7 Å². The Kier molecular flexibility index (Phi) is 6.92. The number of unbranched alkanes of at least 4 members (excludes halogenated alkanes) is 5. The Morgan fingerprint density at radius 2 is 1.39 bits per heavy atom. The Morgan fingerprint density at radius 1 is 0.742 bits per heavy atom. The Labute approximate surface area is 182 Å². The maximum Gasteiger partial charge on any atom is 0.248 e. The van der Waals surface area contributed by atoms with Crippen LogP contribution in [0.25, 0.3) is 33.7 Å². The van der Waals surface area contributed by atoms with E-state index >= 15 is 0 Å². The molecule has 0 amide bonds. The van der Waals surface area contributed by atoms with Crippen molar-refractivity contribution < 1.29 is 13.5 Å². The van der Waals surface area contributed by atoms with Gasteiger partial charge in [0.15, 0.2) is 0 Å². The van der Waals surface area contributed by atoms with Crippen LogP contribution < -0.4 is 4.74 Å².